The molecule has 21 heavy (non-hydrogen) atoms. The molecule has 1 aromatic heterocycles. The largest absolute Gasteiger partial charge is 0.385 e. The van der Waals surface area contributed by atoms with Crippen LogP contribution in [0.5, 0.6) is 0 Å². The quantitative estimate of drug-likeness (QED) is 0.841. The highest BCUT2D eigenvalue weighted by atomic mass is 19.3. The lowest BCUT2D eigenvalue weighted by atomic mass is 9.95. The average molecular weight is 301 g/mol. The molecule has 2 heterocycles. The molecule has 4 N–H and O–H groups in total. The topological polar surface area (TPSA) is 104 Å². The Kier molecular flexibility index (Phi) is 3.86. The Morgan fingerprint density at radius 1 is 1.62 bits per heavy atom. The van der Waals surface area contributed by atoms with Gasteiger partial charge in [0.25, 0.3) is 12.3 Å². The van der Waals surface area contributed by atoms with E-state index >= 15 is 0 Å². The molecule has 1 aliphatic heterocycles. The van der Waals surface area contributed by atoms with Crippen LogP contribution in [0, 0.1) is 12.0 Å². The highest BCUT2D eigenvalue weighted by Crippen LogP contribution is 2.31. The summed E-state index contributed by atoms with van der Waals surface area (Å²) in [5.41, 5.74) is 8.30. The lowest BCUT2D eigenvalue weighted by Crippen LogP contribution is -2.47. The standard InChI is InChI=1S/C12H12F3N4O2/c1-12(4-21-7(9(14)15)10(16)19-12)8-6(13)5(11(17)20)2-3-18-8/h2,7,9H,4H2,1H3,(H2,16,19)(H2,17,20). The molecule has 0 spiro atoms. The summed E-state index contributed by atoms with van der Waals surface area (Å²) in [6.07, 6.45) is -2.18. The zero-order valence-electron chi connectivity index (χ0n) is 10.9. The van der Waals surface area contributed by atoms with Crippen LogP contribution in [-0.2, 0) is 10.3 Å². The van der Waals surface area contributed by atoms with Crippen LogP contribution in [-0.4, -0.2) is 35.9 Å². The number of hydrogen-bond donors (Lipinski definition) is 2. The van der Waals surface area contributed by atoms with Crippen molar-refractivity contribution in [2.24, 2.45) is 16.5 Å². The van der Waals surface area contributed by atoms with Crippen molar-refractivity contribution in [3.8, 4) is 0 Å². The van der Waals surface area contributed by atoms with Crippen LogP contribution in [0.3, 0.4) is 0 Å². The molecule has 0 saturated heterocycles. The molecule has 0 aliphatic carbocycles. The van der Waals surface area contributed by atoms with Crippen LogP contribution in [0.1, 0.15) is 23.0 Å². The van der Waals surface area contributed by atoms with E-state index in [1.54, 1.807) is 0 Å². The van der Waals surface area contributed by atoms with Crippen molar-refractivity contribution in [1.29, 1.82) is 0 Å². The van der Waals surface area contributed by atoms with Crippen molar-refractivity contribution in [2.45, 2.75) is 25.0 Å². The molecule has 1 radical (unpaired) electrons. The third kappa shape index (κ3) is 2.68. The van der Waals surface area contributed by atoms with E-state index in [9.17, 15) is 18.0 Å². The Morgan fingerprint density at radius 3 is 2.81 bits per heavy atom. The van der Waals surface area contributed by atoms with E-state index < -0.39 is 41.2 Å². The number of aliphatic imine (C=N–C) groups is 1. The number of pyridine rings is 1. The Balaban J connectivity index is 2.47. The number of ether oxygens (including phenoxy) is 1. The molecule has 6 nitrogen and oxygen atoms in total. The van der Waals surface area contributed by atoms with Gasteiger partial charge in [-0.05, 0) is 13.0 Å². The van der Waals surface area contributed by atoms with Crippen LogP contribution >= 0.6 is 0 Å². The van der Waals surface area contributed by atoms with Gasteiger partial charge in [-0.15, -0.1) is 0 Å². The smallest absolute Gasteiger partial charge is 0.271 e. The number of primary amides is 1. The zero-order valence-corrected chi connectivity index (χ0v) is 10.9. The number of amides is 1. The maximum absolute atomic E-state index is 14.2. The van der Waals surface area contributed by atoms with Gasteiger partial charge in [0.15, 0.2) is 11.9 Å². The Labute approximate surface area is 118 Å². The number of nitrogens with zero attached hydrogens (tertiary/aromatic N) is 2. The molecule has 2 atom stereocenters. The van der Waals surface area contributed by atoms with E-state index in [-0.39, 0.29) is 12.3 Å². The molecule has 0 saturated carbocycles. The van der Waals surface area contributed by atoms with Crippen molar-refractivity contribution in [3.63, 3.8) is 0 Å². The van der Waals surface area contributed by atoms with Gasteiger partial charge in [-0.2, -0.15) is 0 Å². The van der Waals surface area contributed by atoms with Crippen molar-refractivity contribution >= 4 is 11.7 Å². The molecule has 2 unspecified atom stereocenters. The van der Waals surface area contributed by atoms with Crippen LogP contribution in [0.15, 0.2) is 11.1 Å². The number of halogens is 3. The molecule has 113 valence electrons. The maximum atomic E-state index is 14.2. The fourth-order valence-electron chi connectivity index (χ4n) is 1.98. The molecule has 0 bridgehead atoms. The van der Waals surface area contributed by atoms with Crippen LogP contribution < -0.4 is 11.5 Å². The number of amidine groups is 1. The first-order valence-electron chi connectivity index (χ1n) is 5.88. The number of carbonyl (C=O) groups is 1. The molecular weight excluding hydrogens is 289 g/mol. The summed E-state index contributed by atoms with van der Waals surface area (Å²) in [5.74, 6) is -2.47. The van der Waals surface area contributed by atoms with Gasteiger partial charge in [0.05, 0.1) is 18.4 Å². The number of aromatic nitrogens is 1. The molecule has 1 aromatic rings. The predicted molar refractivity (Wildman–Crippen MR) is 66.3 cm³/mol. The maximum Gasteiger partial charge on any atom is 0.271 e. The first kappa shape index (κ1) is 15.2. The Hall–Kier alpha value is -2.16. The Morgan fingerprint density at radius 2 is 2.29 bits per heavy atom. The lowest BCUT2D eigenvalue weighted by Gasteiger charge is -2.33. The highest BCUT2D eigenvalue weighted by Gasteiger charge is 2.41. The van der Waals surface area contributed by atoms with Crippen molar-refractivity contribution in [3.05, 3.63) is 29.3 Å². The highest BCUT2D eigenvalue weighted by molar-refractivity contribution is 5.93. The average Bonchev–Trinajstić information content (AvgIpc) is 2.37. The molecule has 1 amide bonds. The minimum Gasteiger partial charge on any atom is -0.385 e. The summed E-state index contributed by atoms with van der Waals surface area (Å²) in [5, 5.41) is 0. The van der Waals surface area contributed by atoms with Crippen LogP contribution in [0.4, 0.5) is 13.2 Å². The van der Waals surface area contributed by atoms with Crippen molar-refractivity contribution in [2.75, 3.05) is 6.61 Å². The summed E-state index contributed by atoms with van der Waals surface area (Å²) in [6, 6.07) is 0.989. The molecule has 0 aromatic carbocycles. The second-order valence-corrected chi connectivity index (χ2v) is 4.70. The first-order valence-corrected chi connectivity index (χ1v) is 5.88. The number of hydrogen-bond acceptors (Lipinski definition) is 5. The van der Waals surface area contributed by atoms with E-state index in [4.69, 9.17) is 16.2 Å². The molecule has 1 aliphatic rings. The van der Waals surface area contributed by atoms with Crippen LogP contribution in [0.25, 0.3) is 0 Å². The van der Waals surface area contributed by atoms with Gasteiger partial charge >= 0.3 is 0 Å². The van der Waals surface area contributed by atoms with Gasteiger partial charge in [-0.1, -0.05) is 0 Å². The summed E-state index contributed by atoms with van der Waals surface area (Å²) < 4.78 is 44.4. The van der Waals surface area contributed by atoms with E-state index in [2.05, 4.69) is 16.2 Å². The molecular formula is C12H12F3N4O2. The van der Waals surface area contributed by atoms with Gasteiger partial charge in [-0.3, -0.25) is 9.79 Å². The monoisotopic (exact) mass is 301 g/mol. The molecule has 2 rings (SSSR count). The second kappa shape index (κ2) is 5.32. The number of carbonyl (C=O) groups excluding carboxylic acids is 1. The number of rotatable bonds is 3. The van der Waals surface area contributed by atoms with Crippen LogP contribution in [0.2, 0.25) is 0 Å². The first-order chi connectivity index (χ1) is 9.76. The van der Waals surface area contributed by atoms with E-state index in [1.165, 1.54) is 6.92 Å². The van der Waals surface area contributed by atoms with E-state index in [0.29, 0.717) is 0 Å². The summed E-state index contributed by atoms with van der Waals surface area (Å²) in [6.45, 7) is 1.02. The van der Waals surface area contributed by atoms with Crippen molar-refractivity contribution in [1.82, 2.24) is 4.98 Å². The molecule has 0 fully saturated rings. The lowest BCUT2D eigenvalue weighted by molar-refractivity contribution is -0.0441. The summed E-state index contributed by atoms with van der Waals surface area (Å²) in [4.78, 5) is 18.7. The van der Waals surface area contributed by atoms with Gasteiger partial charge in [0, 0.05) is 0 Å². The minimum absolute atomic E-state index is 0.297. The second-order valence-electron chi connectivity index (χ2n) is 4.70. The van der Waals surface area contributed by atoms with Gasteiger partial charge in [-0.25, -0.2) is 18.2 Å². The third-order valence-electron chi connectivity index (χ3n) is 3.05. The van der Waals surface area contributed by atoms with E-state index in [0.717, 1.165) is 6.07 Å². The predicted octanol–water partition coefficient (Wildman–Crippen LogP) is 0.356. The molecule has 9 heteroatoms. The minimum atomic E-state index is -2.85. The number of alkyl halides is 2. The van der Waals surface area contributed by atoms with Gasteiger partial charge in [0.2, 0.25) is 0 Å². The van der Waals surface area contributed by atoms with Crippen molar-refractivity contribution < 1.29 is 22.7 Å². The number of nitrogens with two attached hydrogens (primary N) is 2. The zero-order chi connectivity index (χ0) is 15.8. The normalized spacial score (nSPS) is 25.8. The summed E-state index contributed by atoms with van der Waals surface area (Å²) >= 11 is 0. The summed E-state index contributed by atoms with van der Waals surface area (Å²) in [7, 11) is 0. The van der Waals surface area contributed by atoms with Gasteiger partial charge < -0.3 is 16.2 Å². The van der Waals surface area contributed by atoms with E-state index in [1.807, 2.05) is 0 Å². The third-order valence-corrected chi connectivity index (χ3v) is 3.05. The SMILES string of the molecule is CC1(c2n[c]cc(C(N)=O)c2F)COC(C(F)F)C(N)=N1. The fraction of sp³-hybridized carbons (Fsp3) is 0.417. The fourth-order valence-corrected chi connectivity index (χ4v) is 1.98. The van der Waals surface area contributed by atoms with Gasteiger partial charge in [0.1, 0.15) is 17.1 Å². The Bertz CT molecular complexity index is 608.